The van der Waals surface area contributed by atoms with E-state index in [-0.39, 0.29) is 11.7 Å². The highest BCUT2D eigenvalue weighted by molar-refractivity contribution is 5.93. The summed E-state index contributed by atoms with van der Waals surface area (Å²) < 4.78 is 8.50. The van der Waals surface area contributed by atoms with Crippen LogP contribution in [0.1, 0.15) is 56.7 Å². The first-order valence-electron chi connectivity index (χ1n) is 8.46. The fourth-order valence-corrected chi connectivity index (χ4v) is 2.75. The second kappa shape index (κ2) is 7.51. The Labute approximate surface area is 142 Å². The van der Waals surface area contributed by atoms with E-state index in [1.54, 1.807) is 34.3 Å². The normalized spacial score (nSPS) is 11.3. The first-order valence-corrected chi connectivity index (χ1v) is 8.46. The Morgan fingerprint density at radius 2 is 1.83 bits per heavy atom. The van der Waals surface area contributed by atoms with Gasteiger partial charge >= 0.3 is 11.7 Å². The van der Waals surface area contributed by atoms with Gasteiger partial charge in [0.05, 0.1) is 17.9 Å². The topological polar surface area (TPSA) is 53.2 Å². The molecule has 0 bridgehead atoms. The van der Waals surface area contributed by atoms with Crippen molar-refractivity contribution in [3.8, 4) is 5.69 Å². The minimum absolute atomic E-state index is 0.0550. The molecule has 5 heteroatoms. The van der Waals surface area contributed by atoms with E-state index in [2.05, 4.69) is 13.8 Å². The lowest BCUT2D eigenvalue weighted by Crippen LogP contribution is -2.26. The molecule has 0 atom stereocenters. The molecule has 0 radical (unpaired) electrons. The summed E-state index contributed by atoms with van der Waals surface area (Å²) in [7, 11) is 0. The third-order valence-corrected chi connectivity index (χ3v) is 3.80. The molecular weight excluding hydrogens is 304 g/mol. The zero-order valence-electron chi connectivity index (χ0n) is 15.1. The number of ether oxygens (including phenoxy) is 1. The van der Waals surface area contributed by atoms with Crippen molar-refractivity contribution in [3.63, 3.8) is 0 Å². The van der Waals surface area contributed by atoms with Crippen molar-refractivity contribution in [1.82, 2.24) is 9.13 Å². The Hall–Kier alpha value is -2.30. The second-order valence-electron chi connectivity index (χ2n) is 6.58. The molecular formula is C19H26N2O3. The number of para-hydroxylation sites is 1. The van der Waals surface area contributed by atoms with Gasteiger partial charge in [0, 0.05) is 17.9 Å². The number of rotatable bonds is 6. The summed E-state index contributed by atoms with van der Waals surface area (Å²) in [6.45, 7) is 10.2. The number of nitrogens with zero attached hydrogens (tertiary/aromatic N) is 2. The molecule has 2 rings (SSSR count). The van der Waals surface area contributed by atoms with Gasteiger partial charge < -0.3 is 4.74 Å². The molecule has 1 aromatic heterocycles. The first kappa shape index (κ1) is 18.0. The van der Waals surface area contributed by atoms with E-state index in [9.17, 15) is 9.59 Å². The quantitative estimate of drug-likeness (QED) is 0.761. The number of hydrogen-bond acceptors (Lipinski definition) is 3. The van der Waals surface area contributed by atoms with Crippen LogP contribution in [0.3, 0.4) is 0 Å². The minimum Gasteiger partial charge on any atom is -0.462 e. The van der Waals surface area contributed by atoms with E-state index >= 15 is 0 Å². The Balaban J connectivity index is 2.68. The van der Waals surface area contributed by atoms with E-state index in [0.29, 0.717) is 23.8 Å². The van der Waals surface area contributed by atoms with Gasteiger partial charge in [0.1, 0.15) is 0 Å². The largest absolute Gasteiger partial charge is 0.462 e. The van der Waals surface area contributed by atoms with Crippen LogP contribution < -0.4 is 5.69 Å². The molecule has 1 heterocycles. The van der Waals surface area contributed by atoms with Crippen LogP contribution in [-0.4, -0.2) is 21.7 Å². The van der Waals surface area contributed by atoms with Gasteiger partial charge in [-0.3, -0.25) is 9.13 Å². The van der Waals surface area contributed by atoms with Crippen LogP contribution in [-0.2, 0) is 11.2 Å². The van der Waals surface area contributed by atoms with E-state index in [0.717, 1.165) is 12.1 Å². The SMILES string of the molecule is CCOC(=O)c1ccccc1-n1c(CC(C)C)cn(C(C)C)c1=O. The molecule has 24 heavy (non-hydrogen) atoms. The number of carbonyl (C=O) groups excluding carboxylic acids is 1. The summed E-state index contributed by atoms with van der Waals surface area (Å²) in [5.74, 6) is -0.0128. The predicted octanol–water partition coefficient (Wildman–Crippen LogP) is 3.60. The van der Waals surface area contributed by atoms with Gasteiger partial charge in [0.15, 0.2) is 0 Å². The fourth-order valence-electron chi connectivity index (χ4n) is 2.75. The van der Waals surface area contributed by atoms with Crippen molar-refractivity contribution in [3.05, 3.63) is 52.2 Å². The van der Waals surface area contributed by atoms with E-state index in [1.165, 1.54) is 0 Å². The van der Waals surface area contributed by atoms with Gasteiger partial charge in [-0.15, -0.1) is 0 Å². The molecule has 0 amide bonds. The third kappa shape index (κ3) is 3.61. The molecule has 0 unspecified atom stereocenters. The molecule has 0 fully saturated rings. The number of esters is 1. The molecule has 2 aromatic rings. The maximum Gasteiger partial charge on any atom is 0.340 e. The number of carbonyl (C=O) groups is 1. The number of benzene rings is 1. The summed E-state index contributed by atoms with van der Waals surface area (Å²) in [5, 5.41) is 0. The molecule has 0 spiro atoms. The minimum atomic E-state index is -0.409. The summed E-state index contributed by atoms with van der Waals surface area (Å²) >= 11 is 0. The van der Waals surface area contributed by atoms with Crippen LogP contribution in [0.15, 0.2) is 35.3 Å². The highest BCUT2D eigenvalue weighted by Gasteiger charge is 2.20. The summed E-state index contributed by atoms with van der Waals surface area (Å²) in [6.07, 6.45) is 2.65. The van der Waals surface area contributed by atoms with Gasteiger partial charge in [0.25, 0.3) is 0 Å². The van der Waals surface area contributed by atoms with Crippen LogP contribution in [0.4, 0.5) is 0 Å². The molecule has 0 saturated heterocycles. The summed E-state index contributed by atoms with van der Waals surface area (Å²) in [4.78, 5) is 25.2. The van der Waals surface area contributed by atoms with Crippen LogP contribution in [0, 0.1) is 5.92 Å². The van der Waals surface area contributed by atoms with Crippen LogP contribution in [0.5, 0.6) is 0 Å². The van der Waals surface area contributed by atoms with Crippen molar-refractivity contribution >= 4 is 5.97 Å². The van der Waals surface area contributed by atoms with Crippen LogP contribution >= 0.6 is 0 Å². The summed E-state index contributed by atoms with van der Waals surface area (Å²) in [5.41, 5.74) is 1.77. The standard InChI is InChI=1S/C19H26N2O3/c1-6-24-18(22)16-9-7-8-10-17(16)21-15(11-13(2)3)12-20(14(4)5)19(21)23/h7-10,12-14H,6,11H2,1-5H3. The van der Waals surface area contributed by atoms with Crippen molar-refractivity contribution in [2.45, 2.75) is 47.1 Å². The van der Waals surface area contributed by atoms with E-state index in [4.69, 9.17) is 4.74 Å². The van der Waals surface area contributed by atoms with Gasteiger partial charge in [-0.25, -0.2) is 9.59 Å². The van der Waals surface area contributed by atoms with Gasteiger partial charge in [-0.1, -0.05) is 26.0 Å². The summed E-state index contributed by atoms with van der Waals surface area (Å²) in [6, 6.07) is 7.16. The molecule has 0 aliphatic carbocycles. The molecule has 0 saturated carbocycles. The predicted molar refractivity (Wildman–Crippen MR) is 94.9 cm³/mol. The lowest BCUT2D eigenvalue weighted by molar-refractivity contribution is 0.0526. The first-order chi connectivity index (χ1) is 11.4. The van der Waals surface area contributed by atoms with Crippen LogP contribution in [0.25, 0.3) is 5.69 Å². The molecule has 0 aliphatic rings. The van der Waals surface area contributed by atoms with Gasteiger partial charge in [0.2, 0.25) is 0 Å². The number of hydrogen-bond donors (Lipinski definition) is 0. The molecule has 130 valence electrons. The van der Waals surface area contributed by atoms with Crippen molar-refractivity contribution in [1.29, 1.82) is 0 Å². The maximum atomic E-state index is 12.9. The Bertz CT molecular complexity index is 769. The smallest absolute Gasteiger partial charge is 0.340 e. The number of imidazole rings is 1. The fraction of sp³-hybridized carbons (Fsp3) is 0.474. The Morgan fingerprint density at radius 3 is 2.42 bits per heavy atom. The Kier molecular flexibility index (Phi) is 5.65. The molecule has 0 N–H and O–H groups in total. The highest BCUT2D eigenvalue weighted by Crippen LogP contribution is 2.19. The average Bonchev–Trinajstić information content (AvgIpc) is 2.83. The monoisotopic (exact) mass is 330 g/mol. The van der Waals surface area contributed by atoms with Crippen molar-refractivity contribution in [2.75, 3.05) is 6.61 Å². The van der Waals surface area contributed by atoms with Crippen LogP contribution in [0.2, 0.25) is 0 Å². The van der Waals surface area contributed by atoms with Crippen molar-refractivity contribution < 1.29 is 9.53 Å². The van der Waals surface area contributed by atoms with Gasteiger partial charge in [-0.05, 0) is 45.2 Å². The zero-order chi connectivity index (χ0) is 17.9. The third-order valence-electron chi connectivity index (χ3n) is 3.80. The zero-order valence-corrected chi connectivity index (χ0v) is 15.1. The average molecular weight is 330 g/mol. The Morgan fingerprint density at radius 1 is 1.17 bits per heavy atom. The highest BCUT2D eigenvalue weighted by atomic mass is 16.5. The molecule has 0 aliphatic heterocycles. The van der Waals surface area contributed by atoms with Crippen molar-refractivity contribution in [2.24, 2.45) is 5.92 Å². The van der Waals surface area contributed by atoms with E-state index in [1.807, 2.05) is 26.1 Å². The molecule has 5 nitrogen and oxygen atoms in total. The lowest BCUT2D eigenvalue weighted by Gasteiger charge is -2.13. The van der Waals surface area contributed by atoms with E-state index < -0.39 is 5.97 Å². The number of aromatic nitrogens is 2. The lowest BCUT2D eigenvalue weighted by atomic mass is 10.1. The van der Waals surface area contributed by atoms with Gasteiger partial charge in [-0.2, -0.15) is 0 Å². The maximum absolute atomic E-state index is 12.9. The second-order valence-corrected chi connectivity index (χ2v) is 6.58. The molecule has 1 aromatic carbocycles.